The summed E-state index contributed by atoms with van der Waals surface area (Å²) in [6, 6.07) is 24.1. The first-order valence-corrected chi connectivity index (χ1v) is 11.5. The van der Waals surface area contributed by atoms with Crippen LogP contribution in [-0.4, -0.2) is 30.2 Å². The molecule has 0 saturated carbocycles. The second kappa shape index (κ2) is 7.22. The smallest absolute Gasteiger partial charge is 0.119 e. The first-order chi connectivity index (χ1) is 15.2. The molecule has 6 rings (SSSR count). The number of piperidine rings is 1. The lowest BCUT2D eigenvalue weighted by Crippen LogP contribution is -2.48. The van der Waals surface area contributed by atoms with Crippen LogP contribution < -0.4 is 4.74 Å². The lowest BCUT2D eigenvalue weighted by molar-refractivity contribution is -0.0572. The topological polar surface area (TPSA) is 32.7 Å². The van der Waals surface area contributed by atoms with Crippen molar-refractivity contribution in [2.24, 2.45) is 0 Å². The van der Waals surface area contributed by atoms with Gasteiger partial charge in [0.1, 0.15) is 5.75 Å². The Bertz CT molecular complexity index is 1140. The molecule has 0 bridgehead atoms. The molecule has 1 N–H and O–H groups in total. The number of hydrogen-bond donors (Lipinski definition) is 1. The Kier molecular flexibility index (Phi) is 4.45. The molecule has 2 heterocycles. The zero-order chi connectivity index (χ0) is 21.0. The number of ether oxygens (including phenoxy) is 1. The van der Waals surface area contributed by atoms with Gasteiger partial charge in [-0.2, -0.15) is 0 Å². The second-order valence-corrected chi connectivity index (χ2v) is 9.40. The summed E-state index contributed by atoms with van der Waals surface area (Å²) in [6.45, 7) is 1.95. The molecule has 3 aromatic carbocycles. The molecule has 1 saturated heterocycles. The number of benzene rings is 3. The van der Waals surface area contributed by atoms with Crippen LogP contribution in [0, 0.1) is 0 Å². The Morgan fingerprint density at radius 3 is 2.61 bits per heavy atom. The number of nitrogens with zero attached hydrogens (tertiary/aromatic N) is 1. The second-order valence-electron chi connectivity index (χ2n) is 9.40. The van der Waals surface area contributed by atoms with Crippen molar-refractivity contribution in [1.29, 1.82) is 0 Å². The van der Waals surface area contributed by atoms with Gasteiger partial charge in [0.2, 0.25) is 0 Å². The van der Waals surface area contributed by atoms with Gasteiger partial charge in [0, 0.05) is 31.5 Å². The Morgan fingerprint density at radius 1 is 0.935 bits per heavy atom. The highest BCUT2D eigenvalue weighted by molar-refractivity contribution is 5.51. The van der Waals surface area contributed by atoms with Crippen LogP contribution in [0.4, 0.5) is 0 Å². The van der Waals surface area contributed by atoms with Crippen LogP contribution in [0.1, 0.15) is 58.2 Å². The third-order valence-electron chi connectivity index (χ3n) is 7.84. The van der Waals surface area contributed by atoms with Crippen molar-refractivity contribution < 1.29 is 9.84 Å². The van der Waals surface area contributed by atoms with Crippen molar-refractivity contribution in [2.75, 3.05) is 20.2 Å². The highest BCUT2D eigenvalue weighted by Gasteiger charge is 2.45. The first kappa shape index (κ1) is 19.1. The molecule has 0 unspecified atom stereocenters. The third-order valence-corrected chi connectivity index (χ3v) is 7.84. The normalized spacial score (nSPS) is 26.9. The predicted molar refractivity (Wildman–Crippen MR) is 123 cm³/mol. The monoisotopic (exact) mass is 411 g/mol. The maximum atomic E-state index is 11.8. The molecule has 2 aliphatic heterocycles. The van der Waals surface area contributed by atoms with E-state index in [2.05, 4.69) is 47.4 Å². The minimum Gasteiger partial charge on any atom is -0.497 e. The van der Waals surface area contributed by atoms with Gasteiger partial charge in [-0.25, -0.2) is 0 Å². The molecule has 158 valence electrons. The maximum absolute atomic E-state index is 11.8. The van der Waals surface area contributed by atoms with Crippen LogP contribution in [0.3, 0.4) is 0 Å². The fraction of sp³-hybridized carbons (Fsp3) is 0.357. The summed E-state index contributed by atoms with van der Waals surface area (Å²) in [4.78, 5) is 2.62. The molecule has 31 heavy (non-hydrogen) atoms. The van der Waals surface area contributed by atoms with Crippen LogP contribution >= 0.6 is 0 Å². The molecule has 0 aromatic heterocycles. The summed E-state index contributed by atoms with van der Waals surface area (Å²) < 4.78 is 5.43. The molecule has 1 aliphatic carbocycles. The van der Waals surface area contributed by atoms with Crippen LogP contribution in [0.15, 0.2) is 66.7 Å². The van der Waals surface area contributed by atoms with E-state index in [1.54, 1.807) is 7.11 Å². The summed E-state index contributed by atoms with van der Waals surface area (Å²) in [5, 5.41) is 11.8. The molecule has 3 heteroatoms. The minimum absolute atomic E-state index is 0.251. The van der Waals surface area contributed by atoms with Gasteiger partial charge in [0.05, 0.1) is 12.7 Å². The van der Waals surface area contributed by atoms with Gasteiger partial charge in [0.25, 0.3) is 0 Å². The number of methoxy groups -OCH3 is 1. The molecule has 0 spiro atoms. The molecule has 3 atom stereocenters. The summed E-state index contributed by atoms with van der Waals surface area (Å²) in [5.41, 5.74) is 7.59. The Hall–Kier alpha value is -2.62. The Balaban J connectivity index is 1.44. The number of hydrogen-bond acceptors (Lipinski definition) is 3. The molecular formula is C28H29NO2. The van der Waals surface area contributed by atoms with E-state index in [0.717, 1.165) is 50.1 Å². The first-order valence-electron chi connectivity index (χ1n) is 11.5. The summed E-state index contributed by atoms with van der Waals surface area (Å²) in [6.07, 6.45) is 3.69. The lowest BCUT2D eigenvalue weighted by Gasteiger charge is -2.49. The van der Waals surface area contributed by atoms with E-state index in [4.69, 9.17) is 4.74 Å². The standard InChI is InChI=1S/C28H29NO2/c1-31-22-9-5-8-21(16-22)28(30)14-15-29-18-25-23-10-3-2-6-19(23)12-13-20-7-4-11-24(27(20)25)26(29)17-28/h2-11,16,25-26,30H,12-15,17-18H2,1H3/t25-,26-,28-/m1/s1. The average molecular weight is 412 g/mol. The average Bonchev–Trinajstić information content (AvgIpc) is 2.98. The highest BCUT2D eigenvalue weighted by Crippen LogP contribution is 2.50. The van der Waals surface area contributed by atoms with Gasteiger partial charge < -0.3 is 9.84 Å². The van der Waals surface area contributed by atoms with Gasteiger partial charge in [-0.05, 0) is 64.8 Å². The van der Waals surface area contributed by atoms with E-state index >= 15 is 0 Å². The number of rotatable bonds is 2. The van der Waals surface area contributed by atoms with Gasteiger partial charge in [-0.15, -0.1) is 0 Å². The number of aryl methyl sites for hydroxylation is 2. The molecule has 3 aromatic rings. The van der Waals surface area contributed by atoms with Gasteiger partial charge >= 0.3 is 0 Å². The van der Waals surface area contributed by atoms with Crippen molar-refractivity contribution >= 4 is 0 Å². The summed E-state index contributed by atoms with van der Waals surface area (Å²) in [5.74, 6) is 1.24. The van der Waals surface area contributed by atoms with Crippen molar-refractivity contribution in [3.05, 3.63) is 100 Å². The van der Waals surface area contributed by atoms with Crippen LogP contribution in [-0.2, 0) is 18.4 Å². The van der Waals surface area contributed by atoms with E-state index in [1.165, 1.54) is 27.8 Å². The quantitative estimate of drug-likeness (QED) is 0.647. The van der Waals surface area contributed by atoms with E-state index in [-0.39, 0.29) is 6.04 Å². The van der Waals surface area contributed by atoms with Crippen LogP contribution in [0.2, 0.25) is 0 Å². The van der Waals surface area contributed by atoms with Crippen molar-refractivity contribution in [3.8, 4) is 5.75 Å². The van der Waals surface area contributed by atoms with E-state index in [1.807, 2.05) is 24.3 Å². The Labute approximate surface area is 184 Å². The fourth-order valence-corrected chi connectivity index (χ4v) is 6.25. The van der Waals surface area contributed by atoms with Gasteiger partial charge in [-0.1, -0.05) is 54.6 Å². The molecule has 3 nitrogen and oxygen atoms in total. The molecule has 0 amide bonds. The molecule has 1 fully saturated rings. The van der Waals surface area contributed by atoms with E-state index in [0.29, 0.717) is 5.92 Å². The maximum Gasteiger partial charge on any atom is 0.119 e. The zero-order valence-electron chi connectivity index (χ0n) is 18.1. The molecule has 0 radical (unpaired) electrons. The SMILES string of the molecule is COc1cccc([C@@]2(O)CCN3C[C@@H]4c5ccccc5CCc5cccc(c54)[C@H]3C2)c1. The lowest BCUT2D eigenvalue weighted by atomic mass is 9.72. The predicted octanol–water partition coefficient (Wildman–Crippen LogP) is 4.96. The van der Waals surface area contributed by atoms with Crippen molar-refractivity contribution in [1.82, 2.24) is 4.90 Å². The van der Waals surface area contributed by atoms with Crippen molar-refractivity contribution in [2.45, 2.75) is 43.2 Å². The van der Waals surface area contributed by atoms with Crippen LogP contribution in [0.5, 0.6) is 5.75 Å². The van der Waals surface area contributed by atoms with Gasteiger partial charge in [-0.3, -0.25) is 4.90 Å². The minimum atomic E-state index is -0.825. The number of fused-ring (bicyclic) bond motifs is 4. The zero-order valence-corrected chi connectivity index (χ0v) is 18.1. The molecule has 3 aliphatic rings. The van der Waals surface area contributed by atoms with Crippen LogP contribution in [0.25, 0.3) is 0 Å². The van der Waals surface area contributed by atoms with Crippen molar-refractivity contribution in [3.63, 3.8) is 0 Å². The fourth-order valence-electron chi connectivity index (χ4n) is 6.25. The summed E-state index contributed by atoms with van der Waals surface area (Å²) in [7, 11) is 1.68. The van der Waals surface area contributed by atoms with E-state index < -0.39 is 5.60 Å². The third kappa shape index (κ3) is 3.02. The largest absolute Gasteiger partial charge is 0.497 e. The highest BCUT2D eigenvalue weighted by atomic mass is 16.5. The van der Waals surface area contributed by atoms with Gasteiger partial charge in [0.15, 0.2) is 0 Å². The Morgan fingerprint density at radius 2 is 1.71 bits per heavy atom. The summed E-state index contributed by atoms with van der Waals surface area (Å²) >= 11 is 0. The molecular weight excluding hydrogens is 382 g/mol. The number of aliphatic hydroxyl groups is 1. The van der Waals surface area contributed by atoms with E-state index in [9.17, 15) is 5.11 Å².